The first-order valence-corrected chi connectivity index (χ1v) is 3.79. The molecule has 1 heterocycles. The molecule has 1 aromatic carbocycles. The SMILES string of the molecule is Clc1nc(-c2ccccc2)no1. The molecule has 0 radical (unpaired) electrons. The highest BCUT2D eigenvalue weighted by Crippen LogP contribution is 2.16. The van der Waals surface area contributed by atoms with Gasteiger partial charge in [0.25, 0.3) is 0 Å². The van der Waals surface area contributed by atoms with Crippen LogP contribution < -0.4 is 0 Å². The van der Waals surface area contributed by atoms with Crippen LogP contribution in [0.4, 0.5) is 0 Å². The van der Waals surface area contributed by atoms with E-state index in [1.807, 2.05) is 30.3 Å². The van der Waals surface area contributed by atoms with Gasteiger partial charge in [-0.1, -0.05) is 35.5 Å². The Kier molecular flexibility index (Phi) is 1.80. The van der Waals surface area contributed by atoms with Crippen LogP contribution >= 0.6 is 11.6 Å². The molecule has 0 atom stereocenters. The summed E-state index contributed by atoms with van der Waals surface area (Å²) in [7, 11) is 0. The fourth-order valence-corrected chi connectivity index (χ4v) is 1.02. The summed E-state index contributed by atoms with van der Waals surface area (Å²) in [6.45, 7) is 0. The molecule has 1 aromatic heterocycles. The van der Waals surface area contributed by atoms with Crippen molar-refractivity contribution in [3.05, 3.63) is 35.7 Å². The average molecular weight is 181 g/mol. The zero-order valence-electron chi connectivity index (χ0n) is 6.07. The van der Waals surface area contributed by atoms with Gasteiger partial charge < -0.3 is 4.52 Å². The van der Waals surface area contributed by atoms with E-state index in [9.17, 15) is 0 Å². The Morgan fingerprint density at radius 3 is 2.50 bits per heavy atom. The predicted octanol–water partition coefficient (Wildman–Crippen LogP) is 2.39. The Hall–Kier alpha value is -1.35. The van der Waals surface area contributed by atoms with Crippen molar-refractivity contribution >= 4 is 11.6 Å². The Morgan fingerprint density at radius 2 is 1.92 bits per heavy atom. The predicted molar refractivity (Wildman–Crippen MR) is 44.7 cm³/mol. The summed E-state index contributed by atoms with van der Waals surface area (Å²) in [5.74, 6) is 0.514. The number of hydrogen-bond acceptors (Lipinski definition) is 3. The number of hydrogen-bond donors (Lipinski definition) is 0. The minimum absolute atomic E-state index is 0.0638. The van der Waals surface area contributed by atoms with Crippen LogP contribution in [0.1, 0.15) is 0 Å². The molecular formula is C8H5ClN2O. The fourth-order valence-electron chi connectivity index (χ4n) is 0.909. The van der Waals surface area contributed by atoms with Crippen LogP contribution in [-0.2, 0) is 0 Å². The third kappa shape index (κ3) is 1.31. The van der Waals surface area contributed by atoms with Crippen LogP contribution in [0.3, 0.4) is 0 Å². The number of halogens is 1. The van der Waals surface area contributed by atoms with E-state index in [4.69, 9.17) is 11.6 Å². The minimum Gasteiger partial charge on any atom is -0.321 e. The van der Waals surface area contributed by atoms with Crippen molar-refractivity contribution in [1.29, 1.82) is 0 Å². The second kappa shape index (κ2) is 2.95. The minimum atomic E-state index is 0.0638. The lowest BCUT2D eigenvalue weighted by atomic mass is 10.2. The molecule has 0 saturated carbocycles. The van der Waals surface area contributed by atoms with E-state index in [0.717, 1.165) is 5.56 Å². The van der Waals surface area contributed by atoms with Crippen molar-refractivity contribution in [2.75, 3.05) is 0 Å². The average Bonchev–Trinajstić information content (AvgIpc) is 2.54. The highest BCUT2D eigenvalue weighted by atomic mass is 35.5. The molecule has 0 aliphatic rings. The van der Waals surface area contributed by atoms with Crippen molar-refractivity contribution in [3.63, 3.8) is 0 Å². The summed E-state index contributed by atoms with van der Waals surface area (Å²) in [4.78, 5) is 3.87. The van der Waals surface area contributed by atoms with E-state index in [-0.39, 0.29) is 5.35 Å². The smallest absolute Gasteiger partial charge is 0.320 e. The first kappa shape index (κ1) is 7.31. The molecule has 0 unspecified atom stereocenters. The van der Waals surface area contributed by atoms with Gasteiger partial charge in [0.1, 0.15) is 0 Å². The molecule has 0 fully saturated rings. The van der Waals surface area contributed by atoms with Gasteiger partial charge in [-0.2, -0.15) is 4.98 Å². The lowest BCUT2D eigenvalue weighted by Gasteiger charge is -1.89. The first-order chi connectivity index (χ1) is 5.86. The highest BCUT2D eigenvalue weighted by Gasteiger charge is 2.04. The molecule has 0 saturated heterocycles. The lowest BCUT2D eigenvalue weighted by Crippen LogP contribution is -1.77. The van der Waals surface area contributed by atoms with Gasteiger partial charge in [-0.15, -0.1) is 0 Å². The number of rotatable bonds is 1. The summed E-state index contributed by atoms with van der Waals surface area (Å²) in [6.07, 6.45) is 0. The second-order valence-electron chi connectivity index (χ2n) is 2.24. The van der Waals surface area contributed by atoms with Gasteiger partial charge >= 0.3 is 5.35 Å². The molecule has 3 nitrogen and oxygen atoms in total. The van der Waals surface area contributed by atoms with E-state index < -0.39 is 0 Å². The molecule has 0 N–H and O–H groups in total. The molecule has 0 aliphatic heterocycles. The second-order valence-corrected chi connectivity index (χ2v) is 2.56. The van der Waals surface area contributed by atoms with Crippen LogP contribution in [0.2, 0.25) is 5.35 Å². The molecule has 0 bridgehead atoms. The van der Waals surface area contributed by atoms with Crippen molar-refractivity contribution < 1.29 is 4.52 Å². The van der Waals surface area contributed by atoms with Gasteiger partial charge in [0.2, 0.25) is 5.82 Å². The van der Waals surface area contributed by atoms with Gasteiger partial charge in [-0.25, -0.2) is 0 Å². The molecule has 60 valence electrons. The van der Waals surface area contributed by atoms with Crippen molar-refractivity contribution in [3.8, 4) is 11.4 Å². The third-order valence-electron chi connectivity index (χ3n) is 1.43. The lowest BCUT2D eigenvalue weighted by molar-refractivity contribution is 0.421. The molecule has 12 heavy (non-hydrogen) atoms. The van der Waals surface area contributed by atoms with Crippen molar-refractivity contribution in [2.24, 2.45) is 0 Å². The van der Waals surface area contributed by atoms with Crippen LogP contribution in [0.15, 0.2) is 34.9 Å². The van der Waals surface area contributed by atoms with Gasteiger partial charge in [0, 0.05) is 5.56 Å². The van der Waals surface area contributed by atoms with E-state index in [1.165, 1.54) is 0 Å². The summed E-state index contributed by atoms with van der Waals surface area (Å²) in [5.41, 5.74) is 0.896. The Balaban J connectivity index is 2.45. The maximum absolute atomic E-state index is 5.47. The van der Waals surface area contributed by atoms with Crippen LogP contribution in [0.25, 0.3) is 11.4 Å². The molecule has 0 amide bonds. The standard InChI is InChI=1S/C8H5ClN2O/c9-8-10-7(11-12-8)6-4-2-1-3-5-6/h1-5H. The van der Waals surface area contributed by atoms with E-state index in [2.05, 4.69) is 14.7 Å². The van der Waals surface area contributed by atoms with Crippen LogP contribution in [-0.4, -0.2) is 10.1 Å². The van der Waals surface area contributed by atoms with Gasteiger partial charge in [-0.05, 0) is 11.6 Å². The summed E-state index contributed by atoms with van der Waals surface area (Å²) < 4.78 is 4.62. The summed E-state index contributed by atoms with van der Waals surface area (Å²) in [6, 6.07) is 9.51. The zero-order chi connectivity index (χ0) is 8.39. The maximum atomic E-state index is 5.47. The maximum Gasteiger partial charge on any atom is 0.320 e. The van der Waals surface area contributed by atoms with Gasteiger partial charge in [0.15, 0.2) is 0 Å². The molecule has 4 heteroatoms. The van der Waals surface area contributed by atoms with Gasteiger partial charge in [0.05, 0.1) is 0 Å². The molecule has 0 aliphatic carbocycles. The summed E-state index contributed by atoms with van der Waals surface area (Å²) in [5, 5.41) is 3.73. The quantitative estimate of drug-likeness (QED) is 0.677. The normalized spacial score (nSPS) is 10.1. The van der Waals surface area contributed by atoms with E-state index >= 15 is 0 Å². The molecule has 2 aromatic rings. The largest absolute Gasteiger partial charge is 0.321 e. The molecule has 0 spiro atoms. The topological polar surface area (TPSA) is 38.9 Å². The third-order valence-corrected chi connectivity index (χ3v) is 1.59. The zero-order valence-corrected chi connectivity index (χ0v) is 6.82. The van der Waals surface area contributed by atoms with Crippen LogP contribution in [0, 0.1) is 0 Å². The highest BCUT2D eigenvalue weighted by molar-refractivity contribution is 6.27. The van der Waals surface area contributed by atoms with Crippen LogP contribution in [0.5, 0.6) is 0 Å². The first-order valence-electron chi connectivity index (χ1n) is 3.41. The monoisotopic (exact) mass is 180 g/mol. The van der Waals surface area contributed by atoms with Crippen molar-refractivity contribution in [2.45, 2.75) is 0 Å². The Labute approximate surface area is 74.0 Å². The molecular weight excluding hydrogens is 176 g/mol. The Bertz CT molecular complexity index is 372. The summed E-state index contributed by atoms with van der Waals surface area (Å²) >= 11 is 5.47. The Morgan fingerprint density at radius 1 is 1.17 bits per heavy atom. The van der Waals surface area contributed by atoms with E-state index in [1.54, 1.807) is 0 Å². The van der Waals surface area contributed by atoms with Gasteiger partial charge in [-0.3, -0.25) is 0 Å². The number of nitrogens with zero attached hydrogens (tertiary/aromatic N) is 2. The fraction of sp³-hybridized carbons (Fsp3) is 0. The van der Waals surface area contributed by atoms with E-state index in [0.29, 0.717) is 5.82 Å². The number of aromatic nitrogens is 2. The molecule has 2 rings (SSSR count). The number of benzene rings is 1. The van der Waals surface area contributed by atoms with Crippen molar-refractivity contribution in [1.82, 2.24) is 10.1 Å².